The Labute approximate surface area is 187 Å². The lowest BCUT2D eigenvalue weighted by molar-refractivity contribution is -0.137. The summed E-state index contributed by atoms with van der Waals surface area (Å²) in [5.74, 6) is -2.30. The molecule has 0 unspecified atom stereocenters. The van der Waals surface area contributed by atoms with Gasteiger partial charge < -0.3 is 0 Å². The van der Waals surface area contributed by atoms with Crippen LogP contribution in [0, 0.1) is 18.3 Å². The lowest BCUT2D eigenvalue weighted by Crippen LogP contribution is -2.41. The van der Waals surface area contributed by atoms with Crippen LogP contribution in [0.15, 0.2) is 69.5 Å². The van der Waals surface area contributed by atoms with Crippen molar-refractivity contribution in [2.24, 2.45) is 15.7 Å². The van der Waals surface area contributed by atoms with Gasteiger partial charge in [0.25, 0.3) is 10.0 Å². The highest BCUT2D eigenvalue weighted by Crippen LogP contribution is 2.38. The number of aryl methyl sites for hydroxylation is 1. The summed E-state index contributed by atoms with van der Waals surface area (Å²) in [6, 6.07) is 12.8. The first kappa shape index (κ1) is 22.0. The molecule has 2 aromatic rings. The molecule has 1 saturated carbocycles. The number of hydrogen-bond acceptors (Lipinski definition) is 5. The molecule has 2 aromatic carbocycles. The van der Waals surface area contributed by atoms with Gasteiger partial charge in [0.15, 0.2) is 5.78 Å². The molecule has 0 spiro atoms. The lowest BCUT2D eigenvalue weighted by Gasteiger charge is -2.33. The first-order valence-electron chi connectivity index (χ1n) is 10.3. The van der Waals surface area contributed by atoms with Gasteiger partial charge >= 0.3 is 0 Å². The highest BCUT2D eigenvalue weighted by molar-refractivity contribution is 7.90. The van der Waals surface area contributed by atoms with Gasteiger partial charge in [-0.05, 0) is 30.5 Å². The first-order chi connectivity index (χ1) is 15.0. The topological polar surface area (TPSA) is 97.7 Å². The highest BCUT2D eigenvalue weighted by Gasteiger charge is 2.44. The number of hydrogen-bond donors (Lipinski definition) is 0. The summed E-state index contributed by atoms with van der Waals surface area (Å²) in [6.45, 7) is 5.53. The van der Waals surface area contributed by atoms with E-state index in [1.54, 1.807) is 36.4 Å². The maximum atomic E-state index is 13.2. The van der Waals surface area contributed by atoms with Gasteiger partial charge in [-0.3, -0.25) is 14.4 Å². The number of sulfonamides is 1. The number of fused-ring (bicyclic) bond motifs is 1. The maximum absolute atomic E-state index is 13.2. The molecule has 0 aliphatic heterocycles. The van der Waals surface area contributed by atoms with E-state index in [0.29, 0.717) is 5.56 Å². The monoisotopic (exact) mass is 449 g/mol. The molecule has 2 aliphatic rings. The van der Waals surface area contributed by atoms with Crippen LogP contribution in [0.5, 0.6) is 0 Å². The Kier molecular flexibility index (Phi) is 5.33. The van der Waals surface area contributed by atoms with Crippen molar-refractivity contribution < 1.29 is 22.8 Å². The Hall–Kier alpha value is -3.19. The lowest BCUT2D eigenvalue weighted by atomic mass is 9.67. The zero-order valence-corrected chi connectivity index (χ0v) is 18.9. The molecule has 0 bridgehead atoms. The third-order valence-electron chi connectivity index (χ3n) is 5.80. The average Bonchev–Trinajstić information content (AvgIpc) is 2.70. The molecule has 2 aliphatic carbocycles. The fourth-order valence-corrected chi connectivity index (χ4v) is 5.26. The quantitative estimate of drug-likeness (QED) is 0.663. The normalized spacial score (nSPS) is 20.3. The summed E-state index contributed by atoms with van der Waals surface area (Å²) in [5.41, 5.74) is 1.06. The van der Waals surface area contributed by atoms with Crippen molar-refractivity contribution in [3.63, 3.8) is 0 Å². The minimum Gasteiger partial charge on any atom is -0.298 e. The summed E-state index contributed by atoms with van der Waals surface area (Å²) >= 11 is 0. The largest absolute Gasteiger partial charge is 0.298 e. The number of carbonyl (C=O) groups excluding carboxylic acids is 3. The van der Waals surface area contributed by atoms with Crippen LogP contribution in [0.1, 0.15) is 48.2 Å². The van der Waals surface area contributed by atoms with Gasteiger partial charge in [0.05, 0.1) is 10.6 Å². The number of allylic oxidation sites excluding steroid dienone is 2. The fourth-order valence-electron chi connectivity index (χ4n) is 4.27. The number of rotatable bonds is 3. The number of carbonyl (C=O) groups is 3. The summed E-state index contributed by atoms with van der Waals surface area (Å²) in [4.78, 5) is 38.9. The molecule has 0 aromatic heterocycles. The maximum Gasteiger partial charge on any atom is 0.282 e. The Morgan fingerprint density at radius 1 is 0.875 bits per heavy atom. The van der Waals surface area contributed by atoms with E-state index in [0.717, 1.165) is 5.56 Å². The predicted molar refractivity (Wildman–Crippen MR) is 120 cm³/mol. The number of nitrogens with zero attached hydrogens (tertiary/aromatic N) is 1. The molecule has 0 heterocycles. The van der Waals surface area contributed by atoms with Gasteiger partial charge in [-0.2, -0.15) is 12.8 Å². The van der Waals surface area contributed by atoms with Crippen molar-refractivity contribution in [2.75, 3.05) is 0 Å². The Morgan fingerprint density at radius 3 is 2.03 bits per heavy atom. The van der Waals surface area contributed by atoms with Crippen molar-refractivity contribution in [3.8, 4) is 0 Å². The van der Waals surface area contributed by atoms with Crippen LogP contribution in [0.2, 0.25) is 0 Å². The van der Waals surface area contributed by atoms with Crippen LogP contribution in [0.25, 0.3) is 0 Å². The van der Waals surface area contributed by atoms with Crippen molar-refractivity contribution in [1.29, 1.82) is 0 Å². The molecule has 164 valence electrons. The zero-order valence-electron chi connectivity index (χ0n) is 18.1. The molecule has 7 heteroatoms. The van der Waals surface area contributed by atoms with Gasteiger partial charge in [-0.25, -0.2) is 0 Å². The summed E-state index contributed by atoms with van der Waals surface area (Å²) in [5, 5.41) is 0. The SMILES string of the molecule is Cc1ccc(S(=O)(=O)N=C2C=C(C3C(=O)CC(C)(C)CC3=O)C(=O)c3ccccc32)cc1. The highest BCUT2D eigenvalue weighted by atomic mass is 32.2. The van der Waals surface area contributed by atoms with E-state index in [1.807, 2.05) is 20.8 Å². The molecule has 0 atom stereocenters. The van der Waals surface area contributed by atoms with Crippen LogP contribution in [0.4, 0.5) is 0 Å². The number of benzene rings is 2. The van der Waals surface area contributed by atoms with Gasteiger partial charge in [-0.15, -0.1) is 0 Å². The van der Waals surface area contributed by atoms with Crippen molar-refractivity contribution in [2.45, 2.75) is 38.5 Å². The standard InChI is InChI=1S/C25H23NO5S/c1-15-8-10-16(11-9-15)32(30,31)26-20-12-19(24(29)18-7-5-4-6-17(18)20)23-21(27)13-25(2,3)14-22(23)28/h4-12,23H,13-14H2,1-3H3. The van der Waals surface area contributed by atoms with Crippen LogP contribution < -0.4 is 0 Å². The third-order valence-corrected chi connectivity index (χ3v) is 7.10. The van der Waals surface area contributed by atoms with Crippen molar-refractivity contribution in [3.05, 3.63) is 76.9 Å². The number of Topliss-reactive ketones (excluding diaryl/α,β-unsaturated/α-hetero) is 3. The van der Waals surface area contributed by atoms with E-state index in [4.69, 9.17) is 0 Å². The molecular weight excluding hydrogens is 426 g/mol. The molecule has 4 rings (SSSR count). The summed E-state index contributed by atoms with van der Waals surface area (Å²) in [6.07, 6.45) is 1.64. The molecule has 6 nitrogen and oxygen atoms in total. The van der Waals surface area contributed by atoms with Crippen LogP contribution >= 0.6 is 0 Å². The van der Waals surface area contributed by atoms with E-state index in [2.05, 4.69) is 4.40 Å². The Bertz CT molecular complexity index is 1290. The molecular formula is C25H23NO5S. The Balaban J connectivity index is 1.86. The summed E-state index contributed by atoms with van der Waals surface area (Å²) < 4.78 is 29.9. The molecule has 32 heavy (non-hydrogen) atoms. The molecule has 0 amide bonds. The second-order valence-electron chi connectivity index (χ2n) is 9.12. The predicted octanol–water partition coefficient (Wildman–Crippen LogP) is 3.87. The van der Waals surface area contributed by atoms with Crippen LogP contribution in [0.3, 0.4) is 0 Å². The molecule has 0 N–H and O–H groups in total. The van der Waals surface area contributed by atoms with Gasteiger partial charge in [-0.1, -0.05) is 55.8 Å². The van der Waals surface area contributed by atoms with Gasteiger partial charge in [0, 0.05) is 29.5 Å². The molecule has 0 saturated heterocycles. The van der Waals surface area contributed by atoms with E-state index < -0.39 is 27.1 Å². The fraction of sp³-hybridized carbons (Fsp3) is 0.280. The number of ketones is 3. The first-order valence-corrected chi connectivity index (χ1v) is 11.8. The Morgan fingerprint density at radius 2 is 1.44 bits per heavy atom. The van der Waals surface area contributed by atoms with E-state index in [9.17, 15) is 22.8 Å². The molecule has 0 radical (unpaired) electrons. The van der Waals surface area contributed by atoms with Crippen molar-refractivity contribution in [1.82, 2.24) is 0 Å². The zero-order chi connectivity index (χ0) is 23.3. The van der Waals surface area contributed by atoms with E-state index >= 15 is 0 Å². The van der Waals surface area contributed by atoms with Crippen LogP contribution in [-0.2, 0) is 19.6 Å². The second-order valence-corrected chi connectivity index (χ2v) is 10.7. The van der Waals surface area contributed by atoms with Gasteiger partial charge in [0.1, 0.15) is 17.5 Å². The van der Waals surface area contributed by atoms with E-state index in [1.165, 1.54) is 18.2 Å². The average molecular weight is 450 g/mol. The minimum absolute atomic E-state index is 0.00736. The summed E-state index contributed by atoms with van der Waals surface area (Å²) in [7, 11) is -4.07. The smallest absolute Gasteiger partial charge is 0.282 e. The second kappa shape index (κ2) is 7.74. The third kappa shape index (κ3) is 4.00. The van der Waals surface area contributed by atoms with Crippen LogP contribution in [-0.4, -0.2) is 31.5 Å². The molecule has 1 fully saturated rings. The van der Waals surface area contributed by atoms with Crippen molar-refractivity contribution >= 4 is 33.1 Å². The minimum atomic E-state index is -4.07. The van der Waals surface area contributed by atoms with E-state index in [-0.39, 0.29) is 46.2 Å². The van der Waals surface area contributed by atoms with Gasteiger partial charge in [0.2, 0.25) is 0 Å².